The SMILES string of the molecule is CCCCc1ccccc1-c1cccc2[cH-]c(C(C)C)cc12.CCCCc1ccccc1-c1cccc2[cH-]c(C(C)C)cc12.O=CN[B]NC=O.[Cl][Zr+2][Cl]. The van der Waals surface area contributed by atoms with Crippen molar-refractivity contribution in [2.24, 2.45) is 0 Å². The maximum absolute atomic E-state index is 9.38. The van der Waals surface area contributed by atoms with E-state index in [1.165, 1.54) is 105 Å². The second kappa shape index (κ2) is 24.9. The van der Waals surface area contributed by atoms with Crippen molar-refractivity contribution < 1.29 is 30.4 Å². The first-order chi connectivity index (χ1) is 26.2. The Balaban J connectivity index is 0.000000233. The molecule has 4 nitrogen and oxygen atoms in total. The number of nitrogens with one attached hydrogen (secondary N) is 2. The molecule has 0 aromatic heterocycles. The molecule has 6 rings (SSSR count). The molecule has 54 heavy (non-hydrogen) atoms. The molecule has 0 aliphatic heterocycles. The van der Waals surface area contributed by atoms with Gasteiger partial charge in [0.2, 0.25) is 0 Å². The van der Waals surface area contributed by atoms with Crippen LogP contribution in [0, 0.1) is 0 Å². The number of halogens is 2. The summed E-state index contributed by atoms with van der Waals surface area (Å²) in [5.74, 6) is 1.16. The van der Waals surface area contributed by atoms with Crippen molar-refractivity contribution in [3.8, 4) is 22.3 Å². The Bertz CT molecular complexity index is 1860. The Morgan fingerprint density at radius 2 is 0.981 bits per heavy atom. The minimum atomic E-state index is -0.826. The number of hydrogen-bond donors (Lipinski definition) is 2. The fourth-order valence-electron chi connectivity index (χ4n) is 6.50. The van der Waals surface area contributed by atoms with Gasteiger partial charge in [0, 0.05) is 0 Å². The molecular formula is C46H54BCl2N2O2Zr. The van der Waals surface area contributed by atoms with Crippen molar-refractivity contribution in [3.63, 3.8) is 0 Å². The second-order valence-electron chi connectivity index (χ2n) is 13.8. The zero-order valence-corrected chi connectivity index (χ0v) is 36.6. The van der Waals surface area contributed by atoms with Crippen molar-refractivity contribution in [1.29, 1.82) is 0 Å². The van der Waals surface area contributed by atoms with Gasteiger partial charge in [-0.2, -0.15) is 12.1 Å². The molecule has 0 saturated carbocycles. The number of benzene rings is 4. The third kappa shape index (κ3) is 13.4. The molecule has 0 aliphatic carbocycles. The number of rotatable bonds is 14. The van der Waals surface area contributed by atoms with E-state index in [1.54, 1.807) is 0 Å². The third-order valence-corrected chi connectivity index (χ3v) is 9.40. The number of unbranched alkanes of at least 4 members (excludes halogenated alkanes) is 2. The predicted molar refractivity (Wildman–Crippen MR) is 231 cm³/mol. The molecular weight excluding hydrogens is 785 g/mol. The number of hydrogen-bond acceptors (Lipinski definition) is 2. The Morgan fingerprint density at radius 1 is 0.611 bits per heavy atom. The summed E-state index contributed by atoms with van der Waals surface area (Å²) in [6, 6.07) is 40.7. The van der Waals surface area contributed by atoms with Crippen LogP contribution in [0.5, 0.6) is 0 Å². The topological polar surface area (TPSA) is 58.2 Å². The Hall–Kier alpha value is -3.43. The van der Waals surface area contributed by atoms with Crippen LogP contribution in [0.1, 0.15) is 101 Å². The number of carbonyl (C=O) groups excluding carboxylic acids is 2. The molecule has 6 aromatic rings. The number of aryl methyl sites for hydroxylation is 2. The van der Waals surface area contributed by atoms with Gasteiger partial charge in [-0.05, 0) is 59.8 Å². The van der Waals surface area contributed by atoms with Crippen molar-refractivity contribution in [1.82, 2.24) is 10.5 Å². The van der Waals surface area contributed by atoms with E-state index >= 15 is 0 Å². The molecule has 6 aromatic carbocycles. The molecule has 0 bridgehead atoms. The maximum atomic E-state index is 9.38. The summed E-state index contributed by atoms with van der Waals surface area (Å²) < 4.78 is 0. The summed E-state index contributed by atoms with van der Waals surface area (Å²) in [6.45, 7) is 13.6. The van der Waals surface area contributed by atoms with Crippen LogP contribution < -0.4 is 10.5 Å². The van der Waals surface area contributed by atoms with Crippen LogP contribution in [0.2, 0.25) is 0 Å². The standard InChI is InChI=1S/2C22H25.C2H4BN2O2.2ClH.Zr/c2*1-4-5-9-17-10-6-7-12-20(17)21-13-8-11-18-14-19(16(2)3)15-22(18)21;6-1-4-3-5-2-7;;;/h2*6-8,10-16H,4-5,9H2,1-3H3;1-2H,(H,4,6)(H,5,7);2*1H;/q2*-1;;;;+4/p-2. The van der Waals surface area contributed by atoms with E-state index in [4.69, 9.17) is 17.0 Å². The summed E-state index contributed by atoms with van der Waals surface area (Å²) in [5.41, 5.74) is 11.4. The van der Waals surface area contributed by atoms with Crippen molar-refractivity contribution >= 4 is 58.9 Å². The van der Waals surface area contributed by atoms with Crippen LogP contribution in [0.4, 0.5) is 0 Å². The Kier molecular flexibility index (Phi) is 20.7. The number of amides is 2. The van der Waals surface area contributed by atoms with E-state index in [2.05, 4.69) is 161 Å². The summed E-state index contributed by atoms with van der Waals surface area (Å²) in [5, 5.41) is 9.73. The molecule has 1 radical (unpaired) electrons. The van der Waals surface area contributed by atoms with Crippen LogP contribution in [-0.2, 0) is 43.3 Å². The van der Waals surface area contributed by atoms with E-state index in [9.17, 15) is 9.59 Å². The van der Waals surface area contributed by atoms with E-state index in [0.717, 1.165) is 7.55 Å². The second-order valence-corrected chi connectivity index (χ2v) is 17.5. The van der Waals surface area contributed by atoms with Crippen LogP contribution >= 0.6 is 17.0 Å². The Morgan fingerprint density at radius 3 is 1.33 bits per heavy atom. The first-order valence-corrected chi connectivity index (χ1v) is 25.3. The van der Waals surface area contributed by atoms with Gasteiger partial charge in [0.1, 0.15) is 0 Å². The zero-order valence-electron chi connectivity index (χ0n) is 32.6. The summed E-state index contributed by atoms with van der Waals surface area (Å²) >= 11 is -0.826. The van der Waals surface area contributed by atoms with Gasteiger partial charge in [-0.25, -0.2) is 0 Å². The molecule has 0 heterocycles. The molecule has 0 spiro atoms. The van der Waals surface area contributed by atoms with Gasteiger partial charge in [0.15, 0.2) is 12.8 Å². The summed E-state index contributed by atoms with van der Waals surface area (Å²) in [4.78, 5) is 18.8. The predicted octanol–water partition coefficient (Wildman–Crippen LogP) is 12.8. The molecule has 2 N–H and O–H groups in total. The first kappa shape index (κ1) is 45.0. The minimum absolute atomic E-state index is 0.455. The van der Waals surface area contributed by atoms with E-state index in [1.807, 2.05) is 0 Å². The van der Waals surface area contributed by atoms with Crippen LogP contribution in [0.3, 0.4) is 0 Å². The van der Waals surface area contributed by atoms with Gasteiger partial charge in [-0.1, -0.05) is 126 Å². The molecule has 0 saturated heterocycles. The quantitative estimate of drug-likeness (QED) is 0.0497. The Labute approximate surface area is 343 Å². The average Bonchev–Trinajstić information content (AvgIpc) is 3.84. The molecule has 0 aliphatic rings. The van der Waals surface area contributed by atoms with Gasteiger partial charge in [0.05, 0.1) is 0 Å². The fraction of sp³-hybridized carbons (Fsp3) is 0.304. The molecule has 2 amide bonds. The van der Waals surface area contributed by atoms with E-state index in [0.29, 0.717) is 24.7 Å². The molecule has 0 fully saturated rings. The van der Waals surface area contributed by atoms with Gasteiger partial charge in [0.25, 0.3) is 0 Å². The molecule has 0 atom stereocenters. The van der Waals surface area contributed by atoms with Gasteiger partial charge >= 0.3 is 45.4 Å². The van der Waals surface area contributed by atoms with Crippen molar-refractivity contribution in [2.75, 3.05) is 0 Å². The normalized spacial score (nSPS) is 10.3. The van der Waals surface area contributed by atoms with Gasteiger partial charge in [-0.15, -0.1) is 69.1 Å². The monoisotopic (exact) mass is 837 g/mol. The average molecular weight is 840 g/mol. The van der Waals surface area contributed by atoms with Crippen LogP contribution in [0.15, 0.2) is 109 Å². The van der Waals surface area contributed by atoms with Crippen LogP contribution in [-0.4, -0.2) is 20.4 Å². The number of fused-ring (bicyclic) bond motifs is 2. The fourth-order valence-corrected chi connectivity index (χ4v) is 6.50. The summed E-state index contributed by atoms with van der Waals surface area (Å²) in [6.07, 6.45) is 8.24. The van der Waals surface area contributed by atoms with Crippen LogP contribution in [0.25, 0.3) is 43.8 Å². The first-order valence-electron chi connectivity index (χ1n) is 19.0. The summed E-state index contributed by atoms with van der Waals surface area (Å²) in [7, 11) is 11.0. The number of carbonyl (C=O) groups is 2. The van der Waals surface area contributed by atoms with Gasteiger partial charge in [-0.3, -0.25) is 9.59 Å². The van der Waals surface area contributed by atoms with Crippen molar-refractivity contribution in [3.05, 3.63) is 131 Å². The van der Waals surface area contributed by atoms with E-state index in [-0.39, 0.29) is 0 Å². The zero-order chi connectivity index (χ0) is 39.3. The van der Waals surface area contributed by atoms with E-state index < -0.39 is 20.8 Å². The molecule has 8 heteroatoms. The molecule has 281 valence electrons. The van der Waals surface area contributed by atoms with Crippen molar-refractivity contribution in [2.45, 2.75) is 91.9 Å². The molecule has 0 unspecified atom stereocenters. The van der Waals surface area contributed by atoms with Gasteiger partial charge < -0.3 is 10.5 Å². The third-order valence-electron chi connectivity index (χ3n) is 9.40.